The summed E-state index contributed by atoms with van der Waals surface area (Å²) in [7, 11) is 0. The fraction of sp³-hybridized carbons (Fsp3) is 0.450. The second kappa shape index (κ2) is 7.11. The first-order chi connectivity index (χ1) is 13.0. The molecule has 27 heavy (non-hydrogen) atoms. The molecule has 1 aromatic carbocycles. The molecule has 1 spiro atoms. The number of amides is 3. The van der Waals surface area contributed by atoms with E-state index in [-0.39, 0.29) is 30.7 Å². The summed E-state index contributed by atoms with van der Waals surface area (Å²) < 4.78 is 3.07. The maximum Gasteiger partial charge on any atom is 0.240 e. The highest BCUT2D eigenvalue weighted by atomic mass is 79.9. The summed E-state index contributed by atoms with van der Waals surface area (Å²) in [6, 6.07) is 8.11. The van der Waals surface area contributed by atoms with Crippen LogP contribution < -0.4 is 5.32 Å². The summed E-state index contributed by atoms with van der Waals surface area (Å²) in [5.74, 6) is -0.649. The van der Waals surface area contributed by atoms with Gasteiger partial charge in [-0.05, 0) is 36.4 Å². The van der Waals surface area contributed by atoms with Crippen LogP contribution in [0.25, 0.3) is 10.9 Å². The normalized spacial score (nSPS) is 18.8. The number of carbonyl (C=O) groups excluding carboxylic acids is 3. The minimum absolute atomic E-state index is 0.151. The van der Waals surface area contributed by atoms with E-state index in [9.17, 15) is 14.4 Å². The highest BCUT2D eigenvalue weighted by molar-refractivity contribution is 9.10. The smallest absolute Gasteiger partial charge is 0.240 e. The first-order valence-corrected chi connectivity index (χ1v) is 10.1. The number of nitrogens with one attached hydrogen (secondary N) is 1. The fourth-order valence-electron chi connectivity index (χ4n) is 4.33. The lowest BCUT2D eigenvalue weighted by Gasteiger charge is -2.20. The van der Waals surface area contributed by atoms with Crippen molar-refractivity contribution in [2.75, 3.05) is 13.1 Å². The third-order valence-corrected chi connectivity index (χ3v) is 6.26. The number of imide groups is 1. The Bertz CT molecular complexity index is 914. The molecule has 2 aromatic rings. The number of carbonyl (C=O) groups is 3. The summed E-state index contributed by atoms with van der Waals surface area (Å²) in [5.41, 5.74) is 0.570. The average molecular weight is 432 g/mol. The van der Waals surface area contributed by atoms with E-state index in [4.69, 9.17) is 0 Å². The molecule has 1 aromatic heterocycles. The van der Waals surface area contributed by atoms with E-state index in [1.165, 1.54) is 0 Å². The number of hydrogen-bond acceptors (Lipinski definition) is 3. The van der Waals surface area contributed by atoms with Gasteiger partial charge in [-0.25, -0.2) is 0 Å². The van der Waals surface area contributed by atoms with E-state index in [2.05, 4.69) is 25.8 Å². The number of likely N-dealkylation sites (tertiary alicyclic amines) is 1. The van der Waals surface area contributed by atoms with Gasteiger partial charge in [-0.3, -0.25) is 19.3 Å². The van der Waals surface area contributed by atoms with Gasteiger partial charge in [0.25, 0.3) is 0 Å². The predicted octanol–water partition coefficient (Wildman–Crippen LogP) is 2.84. The molecular weight excluding hydrogens is 410 g/mol. The lowest BCUT2D eigenvalue weighted by molar-refractivity contribution is -0.144. The maximum absolute atomic E-state index is 12.6. The van der Waals surface area contributed by atoms with Crippen LogP contribution in [0, 0.1) is 5.41 Å². The molecule has 4 rings (SSSR count). The van der Waals surface area contributed by atoms with Crippen molar-refractivity contribution in [1.82, 2.24) is 14.8 Å². The molecule has 7 heteroatoms. The minimum Gasteiger partial charge on any atom is -0.353 e. The third kappa shape index (κ3) is 3.40. The molecule has 6 nitrogen and oxygen atoms in total. The zero-order chi connectivity index (χ0) is 19.0. The molecule has 1 N–H and O–H groups in total. The monoisotopic (exact) mass is 431 g/mol. The maximum atomic E-state index is 12.6. The fourth-order valence-corrected chi connectivity index (χ4v) is 4.68. The Labute approximate surface area is 166 Å². The van der Waals surface area contributed by atoms with E-state index in [0.717, 1.165) is 46.0 Å². The van der Waals surface area contributed by atoms with E-state index < -0.39 is 5.41 Å². The van der Waals surface area contributed by atoms with Crippen molar-refractivity contribution in [1.29, 1.82) is 0 Å². The van der Waals surface area contributed by atoms with E-state index in [1.54, 1.807) is 0 Å². The first-order valence-electron chi connectivity index (χ1n) is 9.34. The highest BCUT2D eigenvalue weighted by Crippen LogP contribution is 2.46. The molecule has 0 unspecified atom stereocenters. The molecule has 2 aliphatic rings. The lowest BCUT2D eigenvalue weighted by atomic mass is 9.84. The molecule has 1 saturated carbocycles. The van der Waals surface area contributed by atoms with Crippen LogP contribution in [-0.4, -0.2) is 40.3 Å². The SMILES string of the molecule is O=C(CN1C(=O)CC2(CCCC2)C1=O)NCCn1ccc2ccc(Br)cc21. The van der Waals surface area contributed by atoms with Crippen LogP contribution in [-0.2, 0) is 20.9 Å². The minimum atomic E-state index is -0.519. The second-order valence-electron chi connectivity index (χ2n) is 7.51. The molecule has 0 atom stereocenters. The standard InChI is InChI=1S/C20H22BrN3O3/c21-15-4-3-14-5-9-23(16(14)11-15)10-8-22-17(25)13-24-18(26)12-20(19(24)27)6-1-2-7-20/h3-5,9,11H,1-2,6-8,10,12-13H2,(H,22,25). The largest absolute Gasteiger partial charge is 0.353 e. The molecule has 1 aliphatic heterocycles. The number of nitrogens with zero attached hydrogens (tertiary/aromatic N) is 2. The Kier molecular flexibility index (Phi) is 4.80. The lowest BCUT2D eigenvalue weighted by Crippen LogP contribution is -2.42. The van der Waals surface area contributed by atoms with Crippen molar-refractivity contribution in [3.05, 3.63) is 34.9 Å². The zero-order valence-corrected chi connectivity index (χ0v) is 16.6. The molecule has 142 valence electrons. The van der Waals surface area contributed by atoms with Crippen LogP contribution in [0.5, 0.6) is 0 Å². The highest BCUT2D eigenvalue weighted by Gasteiger charge is 2.52. The van der Waals surface area contributed by atoms with Gasteiger partial charge in [0.05, 0.1) is 5.41 Å². The van der Waals surface area contributed by atoms with Crippen LogP contribution in [0.1, 0.15) is 32.1 Å². The topological polar surface area (TPSA) is 71.4 Å². The van der Waals surface area contributed by atoms with Crippen molar-refractivity contribution in [2.45, 2.75) is 38.6 Å². The Morgan fingerprint density at radius 2 is 1.96 bits per heavy atom. The van der Waals surface area contributed by atoms with E-state index in [0.29, 0.717) is 13.1 Å². The predicted molar refractivity (Wildman–Crippen MR) is 105 cm³/mol. The van der Waals surface area contributed by atoms with Gasteiger partial charge in [0.1, 0.15) is 6.54 Å². The Hall–Kier alpha value is -2.15. The summed E-state index contributed by atoms with van der Waals surface area (Å²) in [6.45, 7) is 0.894. The zero-order valence-electron chi connectivity index (χ0n) is 15.0. The van der Waals surface area contributed by atoms with Gasteiger partial charge in [-0.2, -0.15) is 0 Å². The van der Waals surface area contributed by atoms with Crippen molar-refractivity contribution in [3.63, 3.8) is 0 Å². The van der Waals surface area contributed by atoms with Gasteiger partial charge in [0, 0.05) is 35.7 Å². The van der Waals surface area contributed by atoms with Gasteiger partial charge in [0.2, 0.25) is 17.7 Å². The molecule has 1 aliphatic carbocycles. The summed E-state index contributed by atoms with van der Waals surface area (Å²) in [5, 5.41) is 3.97. The molecule has 2 fully saturated rings. The Balaban J connectivity index is 1.33. The van der Waals surface area contributed by atoms with E-state index in [1.807, 2.05) is 30.5 Å². The summed E-state index contributed by atoms with van der Waals surface area (Å²) >= 11 is 3.48. The molecule has 0 radical (unpaired) electrons. The van der Waals surface area contributed by atoms with E-state index >= 15 is 0 Å². The van der Waals surface area contributed by atoms with Crippen molar-refractivity contribution in [2.24, 2.45) is 5.41 Å². The average Bonchev–Trinajstić information content (AvgIpc) is 3.32. The number of hydrogen-bond donors (Lipinski definition) is 1. The first kappa shape index (κ1) is 18.2. The number of fused-ring (bicyclic) bond motifs is 1. The van der Waals surface area contributed by atoms with Crippen molar-refractivity contribution in [3.8, 4) is 0 Å². The second-order valence-corrected chi connectivity index (χ2v) is 8.43. The Morgan fingerprint density at radius 1 is 1.19 bits per heavy atom. The van der Waals surface area contributed by atoms with Crippen LogP contribution in [0.3, 0.4) is 0 Å². The molecular formula is C20H22BrN3O3. The Morgan fingerprint density at radius 3 is 2.74 bits per heavy atom. The van der Waals surface area contributed by atoms with Gasteiger partial charge in [0.15, 0.2) is 0 Å². The van der Waals surface area contributed by atoms with Crippen molar-refractivity contribution >= 4 is 44.6 Å². The summed E-state index contributed by atoms with van der Waals surface area (Å²) in [4.78, 5) is 38.3. The van der Waals surface area contributed by atoms with Gasteiger partial charge >= 0.3 is 0 Å². The van der Waals surface area contributed by atoms with Crippen LogP contribution in [0.2, 0.25) is 0 Å². The number of halogens is 1. The van der Waals surface area contributed by atoms with Gasteiger partial charge in [-0.15, -0.1) is 0 Å². The molecule has 0 bridgehead atoms. The number of benzene rings is 1. The number of rotatable bonds is 5. The third-order valence-electron chi connectivity index (χ3n) is 5.76. The summed E-state index contributed by atoms with van der Waals surface area (Å²) in [6.07, 6.45) is 5.77. The molecule has 3 amide bonds. The molecule has 1 saturated heterocycles. The molecule has 2 heterocycles. The van der Waals surface area contributed by atoms with Gasteiger partial charge < -0.3 is 9.88 Å². The van der Waals surface area contributed by atoms with Crippen LogP contribution in [0.4, 0.5) is 0 Å². The van der Waals surface area contributed by atoms with Crippen molar-refractivity contribution < 1.29 is 14.4 Å². The van der Waals surface area contributed by atoms with Crippen LogP contribution in [0.15, 0.2) is 34.9 Å². The quantitative estimate of drug-likeness (QED) is 0.739. The van der Waals surface area contributed by atoms with Gasteiger partial charge in [-0.1, -0.05) is 34.8 Å². The van der Waals surface area contributed by atoms with Crippen LogP contribution >= 0.6 is 15.9 Å². The number of aromatic nitrogens is 1.